The molecule has 0 saturated heterocycles. The Morgan fingerprint density at radius 2 is 0.719 bits per heavy atom. The Morgan fingerprint density at radius 3 is 1.14 bits per heavy atom. The molecule has 5 nitrogen and oxygen atoms in total. The largest absolute Gasteiger partial charge is 0.311 e. The second kappa shape index (κ2) is 15.5. The summed E-state index contributed by atoms with van der Waals surface area (Å²) in [5.74, 6) is 0. The fraction of sp³-hybridized carbons (Fsp3) is 0. The zero-order valence-electron chi connectivity index (χ0n) is 30.7. The van der Waals surface area contributed by atoms with Crippen molar-refractivity contribution in [3.05, 3.63) is 211 Å². The highest BCUT2D eigenvalue weighted by atomic mass is 32.1. The van der Waals surface area contributed by atoms with Crippen molar-refractivity contribution in [3.63, 3.8) is 0 Å². The number of nitriles is 2. The molecule has 57 heavy (non-hydrogen) atoms. The number of rotatable bonds is 9. The minimum absolute atomic E-state index is 0.618. The maximum absolute atomic E-state index is 9.48. The van der Waals surface area contributed by atoms with Gasteiger partial charge in [0.05, 0.1) is 33.5 Å². The van der Waals surface area contributed by atoms with Crippen LogP contribution >= 0.6 is 11.3 Å². The van der Waals surface area contributed by atoms with Gasteiger partial charge in [0.2, 0.25) is 0 Å². The zero-order chi connectivity index (χ0) is 38.6. The molecule has 8 aromatic carbocycles. The molecular formula is C51H33N5S. The van der Waals surface area contributed by atoms with Gasteiger partial charge in [-0.3, -0.25) is 0 Å². The summed E-state index contributed by atoms with van der Waals surface area (Å²) < 4.78 is 1.07. The topological polar surface area (TPSA) is 67.0 Å². The minimum Gasteiger partial charge on any atom is -0.311 e. The summed E-state index contributed by atoms with van der Waals surface area (Å²) in [6.07, 6.45) is 0. The standard InChI is InChI=1S/C51H33N5S/c52-34-36-11-21-43(22-12-36)55(45-25-15-40(16-26-45)38-7-3-1-4-8-38)46-29-19-42(20-30-46)51-54-49-32-31-48(33-50(49)57-51)56(44-23-13-37(35-53)14-24-44)47-27-17-41(18-28-47)39-9-5-2-6-10-39/h1-33H. The number of hydrogen-bond acceptors (Lipinski definition) is 6. The fourth-order valence-electron chi connectivity index (χ4n) is 7.06. The lowest BCUT2D eigenvalue weighted by Crippen LogP contribution is -2.09. The Hall–Kier alpha value is -7.77. The quantitative estimate of drug-likeness (QED) is 0.147. The number of aromatic nitrogens is 1. The van der Waals surface area contributed by atoms with Crippen molar-refractivity contribution in [1.29, 1.82) is 10.5 Å². The van der Waals surface area contributed by atoms with Gasteiger partial charge in [-0.2, -0.15) is 10.5 Å². The second-order valence-corrected chi connectivity index (χ2v) is 14.6. The molecule has 0 atom stereocenters. The van der Waals surface area contributed by atoms with Crippen LogP contribution in [-0.4, -0.2) is 4.98 Å². The van der Waals surface area contributed by atoms with Gasteiger partial charge >= 0.3 is 0 Å². The van der Waals surface area contributed by atoms with E-state index in [9.17, 15) is 10.5 Å². The third-order valence-electron chi connectivity index (χ3n) is 9.98. The van der Waals surface area contributed by atoms with Crippen LogP contribution in [0, 0.1) is 22.7 Å². The summed E-state index contributed by atoms with van der Waals surface area (Å²) in [6, 6.07) is 72.6. The lowest BCUT2D eigenvalue weighted by Gasteiger charge is -2.26. The summed E-state index contributed by atoms with van der Waals surface area (Å²) in [5.41, 5.74) is 13.8. The lowest BCUT2D eigenvalue weighted by molar-refractivity contribution is 1.28. The molecule has 268 valence electrons. The maximum Gasteiger partial charge on any atom is 0.124 e. The lowest BCUT2D eigenvalue weighted by atomic mass is 10.0. The summed E-state index contributed by atoms with van der Waals surface area (Å²) >= 11 is 1.66. The van der Waals surface area contributed by atoms with Gasteiger partial charge in [-0.25, -0.2) is 4.98 Å². The second-order valence-electron chi connectivity index (χ2n) is 13.5. The molecule has 1 heterocycles. The van der Waals surface area contributed by atoms with Crippen molar-refractivity contribution in [2.45, 2.75) is 0 Å². The number of hydrogen-bond donors (Lipinski definition) is 0. The van der Waals surface area contributed by atoms with E-state index in [0.717, 1.165) is 66.0 Å². The van der Waals surface area contributed by atoms with Crippen LogP contribution in [0.2, 0.25) is 0 Å². The van der Waals surface area contributed by atoms with E-state index in [4.69, 9.17) is 4.98 Å². The molecule has 0 fully saturated rings. The highest BCUT2D eigenvalue weighted by Gasteiger charge is 2.17. The molecular weight excluding hydrogens is 715 g/mol. The van der Waals surface area contributed by atoms with Crippen LogP contribution in [0.15, 0.2) is 200 Å². The fourth-order valence-corrected chi connectivity index (χ4v) is 8.06. The van der Waals surface area contributed by atoms with Crippen LogP contribution in [0.3, 0.4) is 0 Å². The summed E-state index contributed by atoms with van der Waals surface area (Å²) in [5, 5.41) is 19.9. The first kappa shape index (κ1) is 35.0. The molecule has 0 unspecified atom stereocenters. The third kappa shape index (κ3) is 7.25. The molecule has 1 aromatic heterocycles. The van der Waals surface area contributed by atoms with Crippen molar-refractivity contribution in [2.24, 2.45) is 0 Å². The molecule has 0 aliphatic carbocycles. The number of thiazole rings is 1. The van der Waals surface area contributed by atoms with Gasteiger partial charge in [0.1, 0.15) is 5.01 Å². The van der Waals surface area contributed by atoms with Gasteiger partial charge in [-0.1, -0.05) is 84.9 Å². The number of anilines is 6. The molecule has 0 bridgehead atoms. The molecule has 9 rings (SSSR count). The molecule has 0 aliphatic rings. The van der Waals surface area contributed by atoms with Crippen LogP contribution in [0.25, 0.3) is 43.0 Å². The number of nitrogens with zero attached hydrogens (tertiary/aromatic N) is 5. The van der Waals surface area contributed by atoms with Crippen molar-refractivity contribution in [2.75, 3.05) is 9.80 Å². The van der Waals surface area contributed by atoms with E-state index in [1.54, 1.807) is 11.3 Å². The molecule has 0 amide bonds. The molecule has 6 heteroatoms. The highest BCUT2D eigenvalue weighted by molar-refractivity contribution is 7.21. The van der Waals surface area contributed by atoms with E-state index < -0.39 is 0 Å². The predicted octanol–water partition coefficient (Wildman–Crippen LogP) is 14.0. The van der Waals surface area contributed by atoms with E-state index >= 15 is 0 Å². The van der Waals surface area contributed by atoms with Crippen LogP contribution in [0.5, 0.6) is 0 Å². The average molecular weight is 748 g/mol. The van der Waals surface area contributed by atoms with Gasteiger partial charge in [-0.05, 0) is 138 Å². The highest BCUT2D eigenvalue weighted by Crippen LogP contribution is 2.41. The summed E-state index contributed by atoms with van der Waals surface area (Å²) in [6.45, 7) is 0. The number of benzene rings is 8. The van der Waals surface area contributed by atoms with Crippen molar-refractivity contribution < 1.29 is 0 Å². The molecule has 9 aromatic rings. The van der Waals surface area contributed by atoms with Crippen LogP contribution in [0.4, 0.5) is 34.1 Å². The molecule has 0 N–H and O–H groups in total. The van der Waals surface area contributed by atoms with Gasteiger partial charge < -0.3 is 9.80 Å². The van der Waals surface area contributed by atoms with Crippen molar-refractivity contribution >= 4 is 55.7 Å². The van der Waals surface area contributed by atoms with Crippen LogP contribution in [-0.2, 0) is 0 Å². The summed E-state index contributed by atoms with van der Waals surface area (Å²) in [4.78, 5) is 9.48. The van der Waals surface area contributed by atoms with E-state index in [1.807, 2.05) is 60.7 Å². The van der Waals surface area contributed by atoms with Gasteiger partial charge in [0.15, 0.2) is 0 Å². The molecule has 0 spiro atoms. The third-order valence-corrected chi connectivity index (χ3v) is 11.0. The Bertz CT molecular complexity index is 2870. The first-order valence-corrected chi connectivity index (χ1v) is 19.4. The van der Waals surface area contributed by atoms with Crippen molar-refractivity contribution in [1.82, 2.24) is 4.98 Å². The van der Waals surface area contributed by atoms with E-state index in [0.29, 0.717) is 11.1 Å². The van der Waals surface area contributed by atoms with Crippen molar-refractivity contribution in [3.8, 4) is 45.0 Å². The van der Waals surface area contributed by atoms with Crippen LogP contribution in [0.1, 0.15) is 11.1 Å². The molecule has 0 saturated carbocycles. The molecule has 0 radical (unpaired) electrons. The normalized spacial score (nSPS) is 10.8. The van der Waals surface area contributed by atoms with Gasteiger partial charge in [-0.15, -0.1) is 11.3 Å². The Morgan fingerprint density at radius 1 is 0.368 bits per heavy atom. The zero-order valence-corrected chi connectivity index (χ0v) is 31.5. The first-order chi connectivity index (χ1) is 28.1. The Labute approximate surface area is 335 Å². The van der Waals surface area contributed by atoms with E-state index in [2.05, 4.69) is 161 Å². The van der Waals surface area contributed by atoms with E-state index in [-0.39, 0.29) is 0 Å². The SMILES string of the molecule is N#Cc1ccc(N(c2ccc(-c3ccccc3)cc2)c2ccc(-c3nc4ccc(N(c5ccc(C#N)cc5)c5ccc(-c6ccccc6)cc5)cc4s3)cc2)cc1. The Balaban J connectivity index is 1.04. The monoisotopic (exact) mass is 747 g/mol. The number of fused-ring (bicyclic) bond motifs is 1. The average Bonchev–Trinajstić information content (AvgIpc) is 3.72. The Kier molecular flexibility index (Phi) is 9.53. The minimum atomic E-state index is 0.618. The van der Waals surface area contributed by atoms with Gasteiger partial charge in [0.25, 0.3) is 0 Å². The molecule has 0 aliphatic heterocycles. The van der Waals surface area contributed by atoms with E-state index in [1.165, 1.54) is 11.1 Å². The van der Waals surface area contributed by atoms with Crippen LogP contribution < -0.4 is 9.80 Å². The van der Waals surface area contributed by atoms with Gasteiger partial charge in [0, 0.05) is 39.7 Å². The smallest absolute Gasteiger partial charge is 0.124 e. The summed E-state index contributed by atoms with van der Waals surface area (Å²) in [7, 11) is 0. The first-order valence-electron chi connectivity index (χ1n) is 18.6. The predicted molar refractivity (Wildman–Crippen MR) is 235 cm³/mol. The maximum atomic E-state index is 9.48.